The second kappa shape index (κ2) is 11.6. The molecule has 2 aliphatic rings. The van der Waals surface area contributed by atoms with E-state index in [1.807, 2.05) is 0 Å². The molecule has 2 saturated heterocycles. The zero-order valence-electron chi connectivity index (χ0n) is 21.7. The molecule has 3 aromatic rings. The van der Waals surface area contributed by atoms with Crippen molar-refractivity contribution in [2.24, 2.45) is 0 Å². The molecular weight excluding hydrogens is 440 g/mol. The van der Waals surface area contributed by atoms with Gasteiger partial charge in [0, 0.05) is 63.7 Å². The molecule has 36 heavy (non-hydrogen) atoms. The van der Waals surface area contributed by atoms with E-state index in [0.29, 0.717) is 0 Å². The Labute approximate surface area is 216 Å². The largest absolute Gasteiger partial charge is 0.369 e. The molecule has 0 amide bonds. The van der Waals surface area contributed by atoms with Crippen LogP contribution in [0.25, 0.3) is 24.3 Å². The van der Waals surface area contributed by atoms with Crippen LogP contribution < -0.4 is 9.80 Å². The summed E-state index contributed by atoms with van der Waals surface area (Å²) in [6.45, 7) is 8.95. The Morgan fingerprint density at radius 2 is 0.806 bits per heavy atom. The van der Waals surface area contributed by atoms with Crippen molar-refractivity contribution >= 4 is 35.7 Å². The van der Waals surface area contributed by atoms with Gasteiger partial charge in [-0.15, -0.1) is 0 Å². The molecule has 2 fully saturated rings. The van der Waals surface area contributed by atoms with E-state index in [0.717, 1.165) is 52.4 Å². The number of rotatable bonds is 6. The molecule has 0 aromatic heterocycles. The summed E-state index contributed by atoms with van der Waals surface area (Å²) in [4.78, 5) is 9.73. The highest BCUT2D eigenvalue weighted by atomic mass is 15.3. The lowest BCUT2D eigenvalue weighted by atomic mass is 10.1. The van der Waals surface area contributed by atoms with Crippen molar-refractivity contribution in [3.05, 3.63) is 95.1 Å². The van der Waals surface area contributed by atoms with Gasteiger partial charge < -0.3 is 19.6 Å². The van der Waals surface area contributed by atoms with E-state index in [4.69, 9.17) is 0 Å². The van der Waals surface area contributed by atoms with Gasteiger partial charge in [0.2, 0.25) is 0 Å². The standard InChI is InChI=1S/C32H38N4/c1-33-18-22-35(23-19-33)31-14-10-27(11-15-31)6-8-29-4-3-5-30(26-29)9-7-28-12-16-32(17-13-28)36-24-20-34(2)21-25-36/h3-17,26H,18-25H2,1-2H3/b8-6+,9-7+. The highest BCUT2D eigenvalue weighted by Crippen LogP contribution is 2.20. The molecule has 2 heterocycles. The van der Waals surface area contributed by atoms with Crippen molar-refractivity contribution in [1.29, 1.82) is 0 Å². The zero-order valence-corrected chi connectivity index (χ0v) is 21.7. The van der Waals surface area contributed by atoms with Gasteiger partial charge >= 0.3 is 0 Å². The van der Waals surface area contributed by atoms with Crippen LogP contribution in [0.4, 0.5) is 11.4 Å². The highest BCUT2D eigenvalue weighted by Gasteiger charge is 2.14. The van der Waals surface area contributed by atoms with Crippen LogP contribution in [-0.4, -0.2) is 76.3 Å². The van der Waals surface area contributed by atoms with Crippen molar-refractivity contribution in [3.63, 3.8) is 0 Å². The van der Waals surface area contributed by atoms with E-state index in [1.54, 1.807) is 0 Å². The monoisotopic (exact) mass is 478 g/mol. The van der Waals surface area contributed by atoms with Crippen LogP contribution in [0.2, 0.25) is 0 Å². The highest BCUT2D eigenvalue weighted by molar-refractivity contribution is 5.75. The van der Waals surface area contributed by atoms with Crippen molar-refractivity contribution in [2.75, 3.05) is 76.3 Å². The van der Waals surface area contributed by atoms with E-state index in [1.165, 1.54) is 33.6 Å². The number of hydrogen-bond donors (Lipinski definition) is 0. The summed E-state index contributed by atoms with van der Waals surface area (Å²) in [5.41, 5.74) is 7.54. The maximum Gasteiger partial charge on any atom is 0.0367 e. The molecule has 0 bridgehead atoms. The summed E-state index contributed by atoms with van der Waals surface area (Å²) in [6, 6.07) is 26.6. The maximum absolute atomic E-state index is 2.48. The van der Waals surface area contributed by atoms with Crippen LogP contribution in [0.1, 0.15) is 22.3 Å². The van der Waals surface area contributed by atoms with Gasteiger partial charge in [-0.3, -0.25) is 0 Å². The van der Waals surface area contributed by atoms with Gasteiger partial charge in [0.1, 0.15) is 0 Å². The first-order valence-electron chi connectivity index (χ1n) is 13.2. The third-order valence-corrected chi connectivity index (χ3v) is 7.37. The summed E-state index contributed by atoms with van der Waals surface area (Å²) in [5, 5.41) is 0. The fraction of sp³-hybridized carbons (Fsp3) is 0.312. The van der Waals surface area contributed by atoms with E-state index in [2.05, 4.69) is 131 Å². The number of likely N-dealkylation sites (N-methyl/N-ethyl adjacent to an activating group) is 2. The van der Waals surface area contributed by atoms with Gasteiger partial charge in [-0.2, -0.15) is 0 Å². The quantitative estimate of drug-likeness (QED) is 0.432. The molecule has 2 aliphatic heterocycles. The smallest absolute Gasteiger partial charge is 0.0367 e. The molecule has 4 nitrogen and oxygen atoms in total. The van der Waals surface area contributed by atoms with Crippen LogP contribution in [0.5, 0.6) is 0 Å². The molecule has 0 aliphatic carbocycles. The molecule has 5 rings (SSSR count). The second-order valence-corrected chi connectivity index (χ2v) is 10.1. The van der Waals surface area contributed by atoms with Crippen LogP contribution in [0.3, 0.4) is 0 Å². The second-order valence-electron chi connectivity index (χ2n) is 10.1. The van der Waals surface area contributed by atoms with Gasteiger partial charge in [-0.1, -0.05) is 66.8 Å². The lowest BCUT2D eigenvalue weighted by molar-refractivity contribution is 0.313. The Bertz CT molecular complexity index is 1070. The van der Waals surface area contributed by atoms with Crippen molar-refractivity contribution in [3.8, 4) is 0 Å². The minimum absolute atomic E-state index is 1.10. The Morgan fingerprint density at radius 3 is 1.19 bits per heavy atom. The van der Waals surface area contributed by atoms with Gasteiger partial charge in [0.05, 0.1) is 0 Å². The number of benzene rings is 3. The van der Waals surface area contributed by atoms with Crippen molar-refractivity contribution < 1.29 is 0 Å². The molecular formula is C32H38N4. The number of anilines is 2. The first-order chi connectivity index (χ1) is 17.6. The first kappa shape index (κ1) is 24.4. The third-order valence-electron chi connectivity index (χ3n) is 7.37. The van der Waals surface area contributed by atoms with E-state index in [-0.39, 0.29) is 0 Å². The molecule has 0 unspecified atom stereocenters. The first-order valence-corrected chi connectivity index (χ1v) is 13.2. The molecule has 186 valence electrons. The summed E-state index contributed by atoms with van der Waals surface area (Å²) < 4.78 is 0. The van der Waals surface area contributed by atoms with Crippen LogP contribution in [0, 0.1) is 0 Å². The average Bonchev–Trinajstić information content (AvgIpc) is 2.93. The minimum atomic E-state index is 1.10. The fourth-order valence-corrected chi connectivity index (χ4v) is 4.87. The third kappa shape index (κ3) is 6.45. The Kier molecular flexibility index (Phi) is 7.85. The van der Waals surface area contributed by atoms with E-state index in [9.17, 15) is 0 Å². The Balaban J connectivity index is 1.18. The van der Waals surface area contributed by atoms with Gasteiger partial charge in [-0.25, -0.2) is 0 Å². The van der Waals surface area contributed by atoms with Crippen molar-refractivity contribution in [2.45, 2.75) is 0 Å². The molecule has 4 heteroatoms. The SMILES string of the molecule is CN1CCN(c2ccc(/C=C/c3cccc(/C=C/c4ccc(N5CCN(C)CC5)cc4)c3)cc2)CC1. The molecule has 0 radical (unpaired) electrons. The lowest BCUT2D eigenvalue weighted by Gasteiger charge is -2.34. The number of nitrogens with zero attached hydrogens (tertiary/aromatic N) is 4. The predicted molar refractivity (Wildman–Crippen MR) is 157 cm³/mol. The van der Waals surface area contributed by atoms with E-state index >= 15 is 0 Å². The molecule has 0 atom stereocenters. The number of piperazine rings is 2. The van der Waals surface area contributed by atoms with Crippen LogP contribution in [0.15, 0.2) is 72.8 Å². The summed E-state index contributed by atoms with van der Waals surface area (Å²) in [6.07, 6.45) is 8.81. The van der Waals surface area contributed by atoms with Gasteiger partial charge in [-0.05, 0) is 66.7 Å². The molecule has 0 N–H and O–H groups in total. The zero-order chi connectivity index (χ0) is 24.7. The molecule has 0 saturated carbocycles. The molecule has 3 aromatic carbocycles. The van der Waals surface area contributed by atoms with Crippen LogP contribution >= 0.6 is 0 Å². The maximum atomic E-state index is 2.48. The van der Waals surface area contributed by atoms with E-state index < -0.39 is 0 Å². The predicted octanol–water partition coefficient (Wildman–Crippen LogP) is 5.53. The topological polar surface area (TPSA) is 13.0 Å². The van der Waals surface area contributed by atoms with Crippen molar-refractivity contribution in [1.82, 2.24) is 9.80 Å². The van der Waals surface area contributed by atoms with Gasteiger partial charge in [0.25, 0.3) is 0 Å². The Morgan fingerprint density at radius 1 is 0.444 bits per heavy atom. The Hall–Kier alpha value is -3.34. The lowest BCUT2D eigenvalue weighted by Crippen LogP contribution is -2.44. The summed E-state index contributed by atoms with van der Waals surface area (Å²) >= 11 is 0. The van der Waals surface area contributed by atoms with Gasteiger partial charge in [0.15, 0.2) is 0 Å². The number of hydrogen-bond acceptors (Lipinski definition) is 4. The summed E-state index contributed by atoms with van der Waals surface area (Å²) in [7, 11) is 4.39. The minimum Gasteiger partial charge on any atom is -0.369 e. The normalized spacial score (nSPS) is 17.9. The average molecular weight is 479 g/mol. The summed E-state index contributed by atoms with van der Waals surface area (Å²) in [5.74, 6) is 0. The van der Waals surface area contributed by atoms with Crippen LogP contribution in [-0.2, 0) is 0 Å². The fourth-order valence-electron chi connectivity index (χ4n) is 4.87. The molecule has 0 spiro atoms.